The molecule has 0 heterocycles. The zero-order valence-corrected chi connectivity index (χ0v) is 10.4. The van der Waals surface area contributed by atoms with Gasteiger partial charge in [-0.1, -0.05) is 26.2 Å². The number of aryl methyl sites for hydroxylation is 1. The standard InChI is InChI=1S/C7H7.C6H11.2Li/c1-7-5-3-2-4-6-7;1-2-4-6-5-3-1;;/h3-6H,1H3;1H,2-6H2;;/q2*-1;2*+1. The van der Waals surface area contributed by atoms with E-state index in [0.29, 0.717) is 0 Å². The van der Waals surface area contributed by atoms with Crippen molar-refractivity contribution in [3.05, 3.63) is 42.3 Å². The van der Waals surface area contributed by atoms with Gasteiger partial charge in [0.05, 0.1) is 0 Å². The van der Waals surface area contributed by atoms with Gasteiger partial charge in [-0.05, 0) is 0 Å². The minimum absolute atomic E-state index is 0. The van der Waals surface area contributed by atoms with Crippen molar-refractivity contribution in [3.8, 4) is 0 Å². The third-order valence-corrected chi connectivity index (χ3v) is 2.20. The van der Waals surface area contributed by atoms with Crippen LogP contribution < -0.4 is 37.7 Å². The van der Waals surface area contributed by atoms with Crippen molar-refractivity contribution >= 4 is 0 Å². The summed E-state index contributed by atoms with van der Waals surface area (Å²) in [5, 5.41) is 0. The Bertz CT molecular complexity index is 194. The van der Waals surface area contributed by atoms with Crippen molar-refractivity contribution in [2.45, 2.75) is 39.0 Å². The minimum Gasteiger partial charge on any atom is -0.328 e. The summed E-state index contributed by atoms with van der Waals surface area (Å²) in [6.45, 7) is 2.06. The number of rotatable bonds is 0. The molecule has 72 valence electrons. The van der Waals surface area contributed by atoms with Crippen LogP contribution in [0.25, 0.3) is 0 Å². The molecule has 0 aromatic heterocycles. The summed E-state index contributed by atoms with van der Waals surface area (Å²) in [7, 11) is 0. The molecule has 0 amide bonds. The van der Waals surface area contributed by atoms with Crippen LogP contribution >= 0.6 is 0 Å². The first-order valence-electron chi connectivity index (χ1n) is 5.14. The van der Waals surface area contributed by atoms with Gasteiger partial charge in [-0.25, -0.2) is 0 Å². The summed E-state index contributed by atoms with van der Waals surface area (Å²) < 4.78 is 0. The van der Waals surface area contributed by atoms with Crippen LogP contribution in [0.4, 0.5) is 0 Å². The van der Waals surface area contributed by atoms with Gasteiger partial charge >= 0.3 is 37.7 Å². The van der Waals surface area contributed by atoms with Crippen molar-refractivity contribution in [3.63, 3.8) is 0 Å². The summed E-state index contributed by atoms with van der Waals surface area (Å²) >= 11 is 0. The first-order valence-corrected chi connectivity index (χ1v) is 5.14. The Morgan fingerprint density at radius 3 is 1.73 bits per heavy atom. The summed E-state index contributed by atoms with van der Waals surface area (Å²) in [4.78, 5) is 0. The Balaban J connectivity index is 0. The van der Waals surface area contributed by atoms with E-state index in [4.69, 9.17) is 0 Å². The summed E-state index contributed by atoms with van der Waals surface area (Å²) in [6.07, 6.45) is 9.50. The normalized spacial score (nSPS) is 13.7. The summed E-state index contributed by atoms with van der Waals surface area (Å²) in [5.74, 6) is 0. The number of hydrogen-bond donors (Lipinski definition) is 0. The van der Waals surface area contributed by atoms with Gasteiger partial charge in [-0.15, -0.1) is 0 Å². The van der Waals surface area contributed by atoms with Crippen LogP contribution in [0.5, 0.6) is 0 Å². The van der Waals surface area contributed by atoms with Crippen LogP contribution in [-0.4, -0.2) is 0 Å². The van der Waals surface area contributed by atoms with Crippen molar-refractivity contribution in [1.82, 2.24) is 0 Å². The molecule has 1 aromatic rings. The van der Waals surface area contributed by atoms with Gasteiger partial charge in [-0.3, -0.25) is 0 Å². The molecule has 1 saturated carbocycles. The number of benzene rings is 1. The molecule has 1 aliphatic rings. The Morgan fingerprint density at radius 1 is 1.00 bits per heavy atom. The predicted octanol–water partition coefficient (Wildman–Crippen LogP) is -2.04. The van der Waals surface area contributed by atoms with E-state index in [1.165, 1.54) is 37.7 Å². The molecule has 1 aromatic carbocycles. The Kier molecular flexibility index (Phi) is 14.8. The maximum absolute atomic E-state index is 2.93. The average molecular weight is 188 g/mol. The average Bonchev–Trinajstić information content (AvgIpc) is 2.22. The second-order valence-corrected chi connectivity index (χ2v) is 3.50. The predicted molar refractivity (Wildman–Crippen MR) is 57.4 cm³/mol. The van der Waals surface area contributed by atoms with Crippen molar-refractivity contribution in [2.75, 3.05) is 0 Å². The maximum Gasteiger partial charge on any atom is 1.00 e. The second-order valence-electron chi connectivity index (χ2n) is 3.50. The molecular weight excluding hydrogens is 170 g/mol. The van der Waals surface area contributed by atoms with Crippen LogP contribution in [-0.2, 0) is 0 Å². The zero-order chi connectivity index (χ0) is 9.36. The fraction of sp³-hybridized carbons (Fsp3) is 0.462. The zero-order valence-electron chi connectivity index (χ0n) is 10.4. The molecule has 0 nitrogen and oxygen atoms in total. The van der Waals surface area contributed by atoms with E-state index in [-0.39, 0.29) is 37.7 Å². The van der Waals surface area contributed by atoms with Gasteiger partial charge in [-0.2, -0.15) is 48.7 Å². The van der Waals surface area contributed by atoms with Crippen LogP contribution in [0, 0.1) is 19.4 Å². The summed E-state index contributed by atoms with van der Waals surface area (Å²) in [5.41, 5.74) is 1.29. The molecule has 0 saturated heterocycles. The molecule has 0 radical (unpaired) electrons. The van der Waals surface area contributed by atoms with Crippen LogP contribution in [0.1, 0.15) is 37.7 Å². The fourth-order valence-corrected chi connectivity index (χ4v) is 1.37. The van der Waals surface area contributed by atoms with Gasteiger partial charge < -0.3 is 6.42 Å². The van der Waals surface area contributed by atoms with Gasteiger partial charge in [0, 0.05) is 0 Å². The van der Waals surface area contributed by atoms with Gasteiger partial charge in [0.15, 0.2) is 0 Å². The third kappa shape index (κ3) is 10.7. The first-order chi connectivity index (χ1) is 6.39. The molecule has 0 spiro atoms. The van der Waals surface area contributed by atoms with Gasteiger partial charge in [0.1, 0.15) is 0 Å². The Labute approximate surface area is 119 Å². The molecule has 2 heteroatoms. The molecule has 1 aliphatic carbocycles. The maximum atomic E-state index is 2.93. The van der Waals surface area contributed by atoms with E-state index < -0.39 is 0 Å². The molecule has 0 N–H and O–H groups in total. The van der Waals surface area contributed by atoms with E-state index in [0.717, 1.165) is 0 Å². The van der Waals surface area contributed by atoms with E-state index in [1.54, 1.807) is 0 Å². The van der Waals surface area contributed by atoms with Crippen molar-refractivity contribution < 1.29 is 37.7 Å². The minimum atomic E-state index is 0. The first kappa shape index (κ1) is 17.8. The Hall–Kier alpha value is 0.415. The molecule has 0 bridgehead atoms. The molecule has 0 atom stereocenters. The molecule has 15 heavy (non-hydrogen) atoms. The topological polar surface area (TPSA) is 0 Å². The van der Waals surface area contributed by atoms with Crippen LogP contribution in [0.2, 0.25) is 0 Å². The fourth-order valence-electron chi connectivity index (χ4n) is 1.37. The molecular formula is C13H18Li2. The van der Waals surface area contributed by atoms with Gasteiger partial charge in [0.2, 0.25) is 0 Å². The van der Waals surface area contributed by atoms with E-state index >= 15 is 0 Å². The van der Waals surface area contributed by atoms with E-state index in [2.05, 4.69) is 19.4 Å². The quantitative estimate of drug-likeness (QED) is 0.325. The molecule has 2 rings (SSSR count). The third-order valence-electron chi connectivity index (χ3n) is 2.20. The number of hydrogen-bond acceptors (Lipinski definition) is 0. The Morgan fingerprint density at radius 2 is 1.53 bits per heavy atom. The SMILES string of the molecule is Cc1cc[c-]cc1.[CH-]1CCCCC1.[Li+].[Li+]. The summed E-state index contributed by atoms with van der Waals surface area (Å²) in [6, 6.07) is 10.8. The second kappa shape index (κ2) is 12.5. The van der Waals surface area contributed by atoms with E-state index in [9.17, 15) is 0 Å². The van der Waals surface area contributed by atoms with E-state index in [1.807, 2.05) is 24.3 Å². The van der Waals surface area contributed by atoms with Crippen molar-refractivity contribution in [1.29, 1.82) is 0 Å². The molecule has 0 aliphatic heterocycles. The largest absolute Gasteiger partial charge is 1.00 e. The van der Waals surface area contributed by atoms with Crippen LogP contribution in [0.3, 0.4) is 0 Å². The monoisotopic (exact) mass is 188 g/mol. The molecule has 0 unspecified atom stereocenters. The van der Waals surface area contributed by atoms with Crippen LogP contribution in [0.15, 0.2) is 24.3 Å². The molecule has 1 fully saturated rings. The van der Waals surface area contributed by atoms with Gasteiger partial charge in [0.25, 0.3) is 0 Å². The smallest absolute Gasteiger partial charge is 0.328 e. The van der Waals surface area contributed by atoms with Crippen molar-refractivity contribution in [2.24, 2.45) is 0 Å².